The second-order valence-electron chi connectivity index (χ2n) is 12.1. The van der Waals surface area contributed by atoms with Crippen molar-refractivity contribution in [2.24, 2.45) is 0 Å². The number of carbonyl (C=O) groups is 2. The molecule has 3 aromatic carbocycles. The third-order valence-corrected chi connectivity index (χ3v) is 8.68. The van der Waals surface area contributed by atoms with Crippen molar-refractivity contribution in [3.63, 3.8) is 0 Å². The van der Waals surface area contributed by atoms with Gasteiger partial charge in [-0.15, -0.1) is 0 Å². The van der Waals surface area contributed by atoms with E-state index in [1.165, 1.54) is 38.5 Å². The molecule has 2 aliphatic rings. The summed E-state index contributed by atoms with van der Waals surface area (Å²) in [5.41, 5.74) is 3.87. The molecule has 4 aromatic rings. The van der Waals surface area contributed by atoms with Gasteiger partial charge in [-0.25, -0.2) is 9.97 Å². The molecular formula is C36H43N7O2. The van der Waals surface area contributed by atoms with E-state index in [9.17, 15) is 9.59 Å². The maximum atomic E-state index is 12.9. The fourth-order valence-electron chi connectivity index (χ4n) is 6.17. The lowest BCUT2D eigenvalue weighted by atomic mass is 10.1. The van der Waals surface area contributed by atoms with Gasteiger partial charge in [0.2, 0.25) is 11.8 Å². The summed E-state index contributed by atoms with van der Waals surface area (Å²) in [7, 11) is 0. The number of benzene rings is 3. The van der Waals surface area contributed by atoms with Gasteiger partial charge >= 0.3 is 0 Å². The Morgan fingerprint density at radius 2 is 1.20 bits per heavy atom. The molecule has 0 aliphatic carbocycles. The highest BCUT2D eigenvalue weighted by Crippen LogP contribution is 2.31. The highest BCUT2D eigenvalue weighted by molar-refractivity contribution is 5.97. The highest BCUT2D eigenvalue weighted by Gasteiger charge is 2.17. The van der Waals surface area contributed by atoms with E-state index < -0.39 is 0 Å². The van der Waals surface area contributed by atoms with E-state index in [1.54, 1.807) is 0 Å². The summed E-state index contributed by atoms with van der Waals surface area (Å²) in [6.45, 7) is 5.90. The summed E-state index contributed by atoms with van der Waals surface area (Å²) in [5, 5.41) is 10.5. The number of aromatic nitrogens is 2. The normalized spacial score (nSPS) is 15.9. The maximum Gasteiger partial charge on any atom is 0.225 e. The first kappa shape index (κ1) is 30.7. The van der Waals surface area contributed by atoms with Crippen LogP contribution < -0.4 is 16.0 Å². The number of likely N-dealkylation sites (tertiary alicyclic amines) is 2. The monoisotopic (exact) mass is 605 g/mol. The van der Waals surface area contributed by atoms with Gasteiger partial charge in [-0.1, -0.05) is 37.1 Å². The average molecular weight is 606 g/mol. The number of piperidine rings is 2. The Balaban J connectivity index is 1.14. The van der Waals surface area contributed by atoms with E-state index in [2.05, 4.69) is 25.8 Å². The predicted molar refractivity (Wildman–Crippen MR) is 182 cm³/mol. The number of hydrogen-bond acceptors (Lipinski definition) is 7. The summed E-state index contributed by atoms with van der Waals surface area (Å²) >= 11 is 0. The van der Waals surface area contributed by atoms with Crippen molar-refractivity contribution in [2.75, 3.05) is 55.2 Å². The number of carbonyl (C=O) groups excluding carboxylic acids is 2. The van der Waals surface area contributed by atoms with Gasteiger partial charge in [0, 0.05) is 48.3 Å². The second-order valence-corrected chi connectivity index (χ2v) is 12.1. The molecule has 2 saturated heterocycles. The standard InChI is InChI=1S/C36H43N7O2/c44-33(19-25-42-21-7-1-8-22-42)37-27-15-17-28(18-16-27)38-35-30-12-4-6-14-32(30)40-36(41-35)29-11-3-5-13-31(29)39-34(45)20-26-43-23-9-2-10-24-43/h3-6,11-18H,1-2,7-10,19-26H2,(H,37,44)(H,39,45)(H,38,40,41). The largest absolute Gasteiger partial charge is 0.340 e. The Morgan fingerprint density at radius 1 is 0.622 bits per heavy atom. The third kappa shape index (κ3) is 8.44. The molecule has 234 valence electrons. The summed E-state index contributed by atoms with van der Waals surface area (Å²) < 4.78 is 0. The minimum absolute atomic E-state index is 0.00848. The van der Waals surface area contributed by atoms with Crippen LogP contribution >= 0.6 is 0 Å². The van der Waals surface area contributed by atoms with Crippen LogP contribution in [0, 0.1) is 0 Å². The summed E-state index contributed by atoms with van der Waals surface area (Å²) in [6.07, 6.45) is 8.38. The third-order valence-electron chi connectivity index (χ3n) is 8.68. The number of amides is 2. The molecule has 1 aromatic heterocycles. The highest BCUT2D eigenvalue weighted by atomic mass is 16.2. The molecular weight excluding hydrogens is 562 g/mol. The molecule has 9 nitrogen and oxygen atoms in total. The molecule has 2 amide bonds. The maximum absolute atomic E-state index is 12.9. The van der Waals surface area contributed by atoms with Gasteiger partial charge in [-0.3, -0.25) is 9.59 Å². The zero-order chi connectivity index (χ0) is 30.8. The van der Waals surface area contributed by atoms with Crippen molar-refractivity contribution in [2.45, 2.75) is 51.4 Å². The Bertz CT molecular complexity index is 1600. The minimum atomic E-state index is -0.00848. The molecule has 0 spiro atoms. The molecule has 2 fully saturated rings. The topological polar surface area (TPSA) is 102 Å². The molecule has 2 aliphatic heterocycles. The first-order chi connectivity index (χ1) is 22.1. The number of hydrogen-bond donors (Lipinski definition) is 3. The van der Waals surface area contributed by atoms with Gasteiger partial charge in [0.05, 0.1) is 11.2 Å². The second kappa shape index (κ2) is 15.1. The van der Waals surface area contributed by atoms with E-state index in [-0.39, 0.29) is 11.8 Å². The zero-order valence-electron chi connectivity index (χ0n) is 25.9. The van der Waals surface area contributed by atoms with Crippen molar-refractivity contribution in [3.05, 3.63) is 72.8 Å². The Labute approximate surface area is 265 Å². The zero-order valence-corrected chi connectivity index (χ0v) is 25.9. The fraction of sp³-hybridized carbons (Fsp3) is 0.389. The lowest BCUT2D eigenvalue weighted by Crippen LogP contribution is -2.32. The van der Waals surface area contributed by atoms with Crippen LogP contribution in [0.5, 0.6) is 0 Å². The molecule has 6 rings (SSSR count). The molecule has 3 N–H and O–H groups in total. The Morgan fingerprint density at radius 3 is 1.89 bits per heavy atom. The SMILES string of the molecule is O=C(CCN1CCCCC1)Nc1ccc(Nc2nc(-c3ccccc3NC(=O)CCN3CCCCC3)nc3ccccc23)cc1. The van der Waals surface area contributed by atoms with Gasteiger partial charge in [0.25, 0.3) is 0 Å². The first-order valence-electron chi connectivity index (χ1n) is 16.4. The summed E-state index contributed by atoms with van der Waals surface area (Å²) in [6, 6.07) is 23.3. The smallest absolute Gasteiger partial charge is 0.225 e. The molecule has 0 radical (unpaired) electrons. The number of nitrogens with zero attached hydrogens (tertiary/aromatic N) is 4. The molecule has 9 heteroatoms. The van der Waals surface area contributed by atoms with Crippen LogP contribution in [0.1, 0.15) is 51.4 Å². The first-order valence-corrected chi connectivity index (χ1v) is 16.4. The van der Waals surface area contributed by atoms with Crippen LogP contribution in [0.4, 0.5) is 22.9 Å². The Hall–Kier alpha value is -4.34. The Kier molecular flexibility index (Phi) is 10.3. The molecule has 3 heterocycles. The fourth-order valence-corrected chi connectivity index (χ4v) is 6.17. The van der Waals surface area contributed by atoms with E-state index in [4.69, 9.17) is 9.97 Å². The van der Waals surface area contributed by atoms with E-state index in [0.29, 0.717) is 30.2 Å². The van der Waals surface area contributed by atoms with E-state index in [1.807, 2.05) is 72.8 Å². The van der Waals surface area contributed by atoms with Crippen LogP contribution in [-0.2, 0) is 9.59 Å². The van der Waals surface area contributed by atoms with E-state index >= 15 is 0 Å². The van der Waals surface area contributed by atoms with Gasteiger partial charge in [-0.05, 0) is 100 Å². The average Bonchev–Trinajstić information content (AvgIpc) is 3.08. The van der Waals surface area contributed by atoms with Crippen LogP contribution in [0.15, 0.2) is 72.8 Å². The number of para-hydroxylation sites is 2. The van der Waals surface area contributed by atoms with Crippen molar-refractivity contribution in [1.82, 2.24) is 19.8 Å². The van der Waals surface area contributed by atoms with Gasteiger partial charge in [0.1, 0.15) is 5.82 Å². The van der Waals surface area contributed by atoms with Crippen molar-refractivity contribution in [1.29, 1.82) is 0 Å². The van der Waals surface area contributed by atoms with E-state index in [0.717, 1.165) is 67.1 Å². The predicted octanol–water partition coefficient (Wildman–Crippen LogP) is 6.67. The van der Waals surface area contributed by atoms with Crippen molar-refractivity contribution < 1.29 is 9.59 Å². The number of nitrogens with one attached hydrogen (secondary N) is 3. The number of rotatable bonds is 11. The molecule has 0 atom stereocenters. The summed E-state index contributed by atoms with van der Waals surface area (Å²) in [5.74, 6) is 1.22. The van der Waals surface area contributed by atoms with Crippen LogP contribution in [0.25, 0.3) is 22.3 Å². The van der Waals surface area contributed by atoms with Crippen LogP contribution in [0.3, 0.4) is 0 Å². The van der Waals surface area contributed by atoms with Gasteiger partial charge in [-0.2, -0.15) is 0 Å². The van der Waals surface area contributed by atoms with Crippen molar-refractivity contribution in [3.8, 4) is 11.4 Å². The lowest BCUT2D eigenvalue weighted by molar-refractivity contribution is -0.117. The summed E-state index contributed by atoms with van der Waals surface area (Å²) in [4.78, 5) is 40.1. The molecule has 45 heavy (non-hydrogen) atoms. The van der Waals surface area contributed by atoms with Gasteiger partial charge < -0.3 is 25.8 Å². The molecule has 0 saturated carbocycles. The lowest BCUT2D eigenvalue weighted by Gasteiger charge is -2.26. The minimum Gasteiger partial charge on any atom is -0.340 e. The molecule has 0 bridgehead atoms. The number of anilines is 4. The van der Waals surface area contributed by atoms with Crippen LogP contribution in [0.2, 0.25) is 0 Å². The van der Waals surface area contributed by atoms with Crippen molar-refractivity contribution >= 4 is 45.6 Å². The van der Waals surface area contributed by atoms with Crippen LogP contribution in [-0.4, -0.2) is 70.9 Å². The molecule has 0 unspecified atom stereocenters. The quantitative estimate of drug-likeness (QED) is 0.176. The van der Waals surface area contributed by atoms with Gasteiger partial charge in [0.15, 0.2) is 5.82 Å². The number of fused-ring (bicyclic) bond motifs is 1.